The summed E-state index contributed by atoms with van der Waals surface area (Å²) in [6.07, 6.45) is 4.58. The largest absolute Gasteiger partial charge is 0.487 e. The summed E-state index contributed by atoms with van der Waals surface area (Å²) in [7, 11) is 0. The zero-order valence-corrected chi connectivity index (χ0v) is 6.51. The van der Waals surface area contributed by atoms with E-state index in [1.807, 2.05) is 0 Å². The van der Waals surface area contributed by atoms with E-state index in [1.165, 1.54) is 12.8 Å². The lowest BCUT2D eigenvalue weighted by Crippen LogP contribution is -2.23. The number of Topliss-reactive ketones (excluding diaryl/α,β-unsaturated/α-hetero) is 1. The van der Waals surface area contributed by atoms with Crippen molar-refractivity contribution in [3.8, 4) is 0 Å². The standard InChI is InChI=1S/C9H12O2/c1-6-9(10)7-4-2-3-5-8(7)11-6/h7-8H,1-5H2. The molecule has 0 spiro atoms. The van der Waals surface area contributed by atoms with Gasteiger partial charge in [0.05, 0.1) is 5.92 Å². The average molecular weight is 152 g/mol. The first-order chi connectivity index (χ1) is 5.29. The van der Waals surface area contributed by atoms with E-state index < -0.39 is 0 Å². The predicted octanol–water partition coefficient (Wildman–Crippen LogP) is 1.66. The highest BCUT2D eigenvalue weighted by molar-refractivity contribution is 5.97. The number of ketones is 1. The third-order valence-electron chi connectivity index (χ3n) is 2.61. The highest BCUT2D eigenvalue weighted by Crippen LogP contribution is 2.35. The molecule has 2 rings (SSSR count). The summed E-state index contributed by atoms with van der Waals surface area (Å²) in [6.45, 7) is 3.59. The highest BCUT2D eigenvalue weighted by atomic mass is 16.5. The lowest BCUT2D eigenvalue weighted by molar-refractivity contribution is -0.118. The molecule has 0 aromatic heterocycles. The number of carbonyl (C=O) groups excluding carboxylic acids is 1. The van der Waals surface area contributed by atoms with Crippen LogP contribution in [0.4, 0.5) is 0 Å². The van der Waals surface area contributed by atoms with Crippen LogP contribution in [0.2, 0.25) is 0 Å². The summed E-state index contributed by atoms with van der Waals surface area (Å²) in [5.74, 6) is 0.688. The molecule has 0 amide bonds. The van der Waals surface area contributed by atoms with Crippen molar-refractivity contribution in [2.45, 2.75) is 31.8 Å². The van der Waals surface area contributed by atoms with E-state index in [2.05, 4.69) is 6.58 Å². The van der Waals surface area contributed by atoms with E-state index in [9.17, 15) is 4.79 Å². The molecule has 0 N–H and O–H groups in total. The SMILES string of the molecule is C=C1OC2CCCCC2C1=O. The fourth-order valence-electron chi connectivity index (χ4n) is 1.99. The number of fused-ring (bicyclic) bond motifs is 1. The van der Waals surface area contributed by atoms with Gasteiger partial charge in [-0.2, -0.15) is 0 Å². The van der Waals surface area contributed by atoms with Crippen molar-refractivity contribution in [1.29, 1.82) is 0 Å². The van der Waals surface area contributed by atoms with Gasteiger partial charge in [0.25, 0.3) is 0 Å². The van der Waals surface area contributed by atoms with Gasteiger partial charge in [0.2, 0.25) is 5.78 Å². The minimum atomic E-state index is 0.148. The number of hydrogen-bond acceptors (Lipinski definition) is 2. The van der Waals surface area contributed by atoms with Crippen LogP contribution >= 0.6 is 0 Å². The van der Waals surface area contributed by atoms with Crippen LogP contribution in [-0.2, 0) is 9.53 Å². The van der Waals surface area contributed by atoms with Crippen molar-refractivity contribution in [3.05, 3.63) is 12.3 Å². The molecule has 0 aromatic rings. The van der Waals surface area contributed by atoms with Crippen LogP contribution in [0.15, 0.2) is 12.3 Å². The molecule has 1 saturated carbocycles. The molecule has 1 aliphatic carbocycles. The van der Waals surface area contributed by atoms with Crippen molar-refractivity contribution in [2.75, 3.05) is 0 Å². The molecule has 1 aliphatic heterocycles. The number of rotatable bonds is 0. The Hall–Kier alpha value is -0.790. The van der Waals surface area contributed by atoms with Gasteiger partial charge in [-0.1, -0.05) is 13.0 Å². The molecule has 11 heavy (non-hydrogen) atoms. The maximum absolute atomic E-state index is 11.3. The van der Waals surface area contributed by atoms with E-state index in [4.69, 9.17) is 4.74 Å². The molecule has 2 fully saturated rings. The van der Waals surface area contributed by atoms with Crippen LogP contribution in [0.5, 0.6) is 0 Å². The quantitative estimate of drug-likeness (QED) is 0.493. The van der Waals surface area contributed by atoms with Gasteiger partial charge < -0.3 is 4.74 Å². The van der Waals surface area contributed by atoms with Gasteiger partial charge in [-0.25, -0.2) is 0 Å². The van der Waals surface area contributed by atoms with Crippen LogP contribution in [0, 0.1) is 5.92 Å². The van der Waals surface area contributed by atoms with Gasteiger partial charge in [-0.15, -0.1) is 0 Å². The summed E-state index contributed by atoms with van der Waals surface area (Å²) in [5, 5.41) is 0. The van der Waals surface area contributed by atoms with Gasteiger partial charge in [0, 0.05) is 0 Å². The molecule has 2 nitrogen and oxygen atoms in total. The first kappa shape index (κ1) is 6.89. The maximum atomic E-state index is 11.3. The third-order valence-corrected chi connectivity index (χ3v) is 2.61. The minimum Gasteiger partial charge on any atom is -0.487 e. The van der Waals surface area contributed by atoms with E-state index in [0.29, 0.717) is 5.76 Å². The summed E-state index contributed by atoms with van der Waals surface area (Å²) in [5.41, 5.74) is 0. The monoisotopic (exact) mass is 152 g/mol. The molecule has 2 heteroatoms. The molecule has 0 bridgehead atoms. The predicted molar refractivity (Wildman–Crippen MR) is 41.0 cm³/mol. The van der Waals surface area contributed by atoms with Crippen LogP contribution in [-0.4, -0.2) is 11.9 Å². The second-order valence-corrected chi connectivity index (χ2v) is 3.33. The van der Waals surface area contributed by atoms with Crippen molar-refractivity contribution >= 4 is 5.78 Å². The van der Waals surface area contributed by atoms with Crippen molar-refractivity contribution in [3.63, 3.8) is 0 Å². The second-order valence-electron chi connectivity index (χ2n) is 3.33. The average Bonchev–Trinajstić information content (AvgIpc) is 2.30. The number of hydrogen-bond donors (Lipinski definition) is 0. The van der Waals surface area contributed by atoms with E-state index >= 15 is 0 Å². The number of allylic oxidation sites excluding steroid dienone is 1. The number of carbonyl (C=O) groups is 1. The summed E-state index contributed by atoms with van der Waals surface area (Å²) in [4.78, 5) is 11.3. The van der Waals surface area contributed by atoms with E-state index in [-0.39, 0.29) is 17.8 Å². The molecular weight excluding hydrogens is 140 g/mol. The molecule has 2 aliphatic rings. The summed E-state index contributed by atoms with van der Waals surface area (Å²) in [6, 6.07) is 0. The van der Waals surface area contributed by atoms with Crippen LogP contribution in [0.3, 0.4) is 0 Å². The minimum absolute atomic E-state index is 0.148. The maximum Gasteiger partial charge on any atom is 0.203 e. The van der Waals surface area contributed by atoms with Gasteiger partial charge in [-0.3, -0.25) is 4.79 Å². The third kappa shape index (κ3) is 0.971. The van der Waals surface area contributed by atoms with Crippen molar-refractivity contribution in [1.82, 2.24) is 0 Å². The highest BCUT2D eigenvalue weighted by Gasteiger charge is 2.40. The Kier molecular flexibility index (Phi) is 1.48. The first-order valence-corrected chi connectivity index (χ1v) is 4.19. The lowest BCUT2D eigenvalue weighted by atomic mass is 9.85. The topological polar surface area (TPSA) is 26.3 Å². The normalized spacial score (nSPS) is 36.7. The van der Waals surface area contributed by atoms with Gasteiger partial charge in [0.1, 0.15) is 6.10 Å². The van der Waals surface area contributed by atoms with Gasteiger partial charge in [0.15, 0.2) is 5.76 Å². The zero-order valence-electron chi connectivity index (χ0n) is 6.51. The molecule has 0 aromatic carbocycles. The fraction of sp³-hybridized carbons (Fsp3) is 0.667. The molecule has 1 saturated heterocycles. The molecule has 0 radical (unpaired) electrons. The Labute approximate surface area is 66.2 Å². The van der Waals surface area contributed by atoms with E-state index in [0.717, 1.165) is 12.8 Å². The molecule has 2 atom stereocenters. The van der Waals surface area contributed by atoms with E-state index in [1.54, 1.807) is 0 Å². The molecule has 1 heterocycles. The number of ether oxygens (including phenoxy) is 1. The van der Waals surface area contributed by atoms with Gasteiger partial charge >= 0.3 is 0 Å². The Morgan fingerprint density at radius 3 is 2.82 bits per heavy atom. The lowest BCUT2D eigenvalue weighted by Gasteiger charge is -2.21. The Bertz CT molecular complexity index is 208. The smallest absolute Gasteiger partial charge is 0.203 e. The Morgan fingerprint density at radius 1 is 1.36 bits per heavy atom. The second kappa shape index (κ2) is 2.36. The zero-order chi connectivity index (χ0) is 7.84. The van der Waals surface area contributed by atoms with Crippen LogP contribution in [0.25, 0.3) is 0 Å². The molecular formula is C9H12O2. The Balaban J connectivity index is 2.18. The van der Waals surface area contributed by atoms with Crippen molar-refractivity contribution < 1.29 is 9.53 Å². The van der Waals surface area contributed by atoms with Crippen LogP contribution in [0.1, 0.15) is 25.7 Å². The molecule has 2 unspecified atom stereocenters. The first-order valence-electron chi connectivity index (χ1n) is 4.19. The Morgan fingerprint density at radius 2 is 2.09 bits per heavy atom. The van der Waals surface area contributed by atoms with Crippen LogP contribution < -0.4 is 0 Å². The summed E-state index contributed by atoms with van der Waals surface area (Å²) >= 11 is 0. The molecule has 60 valence electrons. The summed E-state index contributed by atoms with van der Waals surface area (Å²) < 4.78 is 5.33. The van der Waals surface area contributed by atoms with Gasteiger partial charge in [-0.05, 0) is 19.3 Å². The fourth-order valence-corrected chi connectivity index (χ4v) is 1.99. The van der Waals surface area contributed by atoms with Crippen molar-refractivity contribution in [2.24, 2.45) is 5.92 Å².